The standard InChI is InChI=1S/C25H28ClNO2/c1-2-25(28,21-12-14-22(26)15-13-21)16-17-27-19-20-8-6-7-11-24(18-20)29-23-9-4-3-5-10-23/h3-5,7-15,18,27-28H,2,6,16-17,19H2,1H3. The van der Waals surface area contributed by atoms with Crippen LogP contribution in [0.5, 0.6) is 5.75 Å². The van der Waals surface area contributed by atoms with Gasteiger partial charge in [-0.1, -0.05) is 61.0 Å². The maximum Gasteiger partial charge on any atom is 0.127 e. The van der Waals surface area contributed by atoms with E-state index in [0.717, 1.165) is 30.0 Å². The highest BCUT2D eigenvalue weighted by Crippen LogP contribution is 2.29. The number of hydrogen-bond acceptors (Lipinski definition) is 3. The molecule has 1 aliphatic rings. The maximum absolute atomic E-state index is 11.0. The van der Waals surface area contributed by atoms with Gasteiger partial charge in [-0.3, -0.25) is 0 Å². The summed E-state index contributed by atoms with van der Waals surface area (Å²) in [6.07, 6.45) is 10.5. The smallest absolute Gasteiger partial charge is 0.127 e. The molecule has 0 fully saturated rings. The van der Waals surface area contributed by atoms with E-state index in [9.17, 15) is 5.11 Å². The second-order valence-corrected chi connectivity index (χ2v) is 7.63. The van der Waals surface area contributed by atoms with Gasteiger partial charge in [0.1, 0.15) is 11.5 Å². The van der Waals surface area contributed by atoms with E-state index in [1.807, 2.05) is 67.6 Å². The Morgan fingerprint density at radius 2 is 1.86 bits per heavy atom. The van der Waals surface area contributed by atoms with Gasteiger partial charge in [-0.15, -0.1) is 0 Å². The Morgan fingerprint density at radius 3 is 2.59 bits per heavy atom. The van der Waals surface area contributed by atoms with Crippen LogP contribution in [-0.2, 0) is 5.60 Å². The van der Waals surface area contributed by atoms with Crippen molar-refractivity contribution in [3.05, 3.63) is 101 Å². The number of ether oxygens (including phenoxy) is 1. The molecule has 1 aliphatic carbocycles. The number of hydrogen-bond donors (Lipinski definition) is 2. The highest BCUT2D eigenvalue weighted by atomic mass is 35.5. The van der Waals surface area contributed by atoms with Gasteiger partial charge in [0, 0.05) is 11.6 Å². The Morgan fingerprint density at radius 1 is 1.10 bits per heavy atom. The molecule has 0 bridgehead atoms. The second-order valence-electron chi connectivity index (χ2n) is 7.20. The lowest BCUT2D eigenvalue weighted by Gasteiger charge is -2.27. The minimum absolute atomic E-state index is 0.633. The minimum Gasteiger partial charge on any atom is -0.457 e. The number of halogens is 1. The molecular formula is C25H28ClNO2. The number of benzene rings is 2. The Bertz CT molecular complexity index is 871. The van der Waals surface area contributed by atoms with Gasteiger partial charge >= 0.3 is 0 Å². The Hall–Kier alpha value is -2.33. The fourth-order valence-corrected chi connectivity index (χ4v) is 3.44. The van der Waals surface area contributed by atoms with Crippen LogP contribution in [0.2, 0.25) is 5.02 Å². The van der Waals surface area contributed by atoms with Crippen LogP contribution in [0.25, 0.3) is 0 Å². The molecular weight excluding hydrogens is 382 g/mol. The fourth-order valence-electron chi connectivity index (χ4n) is 3.32. The van der Waals surface area contributed by atoms with E-state index in [4.69, 9.17) is 16.3 Å². The van der Waals surface area contributed by atoms with E-state index in [-0.39, 0.29) is 0 Å². The lowest BCUT2D eigenvalue weighted by Crippen LogP contribution is -2.30. The van der Waals surface area contributed by atoms with E-state index in [1.54, 1.807) is 0 Å². The summed E-state index contributed by atoms with van der Waals surface area (Å²) in [5.74, 6) is 1.65. The van der Waals surface area contributed by atoms with Gasteiger partial charge in [-0.2, -0.15) is 0 Å². The first-order valence-corrected chi connectivity index (χ1v) is 10.5. The molecule has 0 saturated heterocycles. The zero-order valence-electron chi connectivity index (χ0n) is 16.8. The molecule has 2 aromatic rings. The third kappa shape index (κ3) is 6.33. The van der Waals surface area contributed by atoms with Crippen molar-refractivity contribution >= 4 is 11.6 Å². The van der Waals surface area contributed by atoms with Crippen LogP contribution in [-0.4, -0.2) is 18.2 Å². The van der Waals surface area contributed by atoms with E-state index >= 15 is 0 Å². The van der Waals surface area contributed by atoms with Crippen molar-refractivity contribution in [2.45, 2.75) is 31.8 Å². The van der Waals surface area contributed by atoms with E-state index in [1.165, 1.54) is 5.57 Å². The van der Waals surface area contributed by atoms with Crippen LogP contribution >= 0.6 is 11.6 Å². The molecule has 4 heteroatoms. The van der Waals surface area contributed by atoms with Crippen molar-refractivity contribution in [2.75, 3.05) is 13.1 Å². The Balaban J connectivity index is 1.54. The number of rotatable bonds is 9. The molecule has 0 amide bonds. The summed E-state index contributed by atoms with van der Waals surface area (Å²) < 4.78 is 5.97. The van der Waals surface area contributed by atoms with Gasteiger partial charge in [0.25, 0.3) is 0 Å². The van der Waals surface area contributed by atoms with Crippen LogP contribution in [0.3, 0.4) is 0 Å². The van der Waals surface area contributed by atoms with Crippen LogP contribution in [0.4, 0.5) is 0 Å². The van der Waals surface area contributed by atoms with Crippen molar-refractivity contribution in [2.24, 2.45) is 0 Å². The van der Waals surface area contributed by atoms with E-state index < -0.39 is 5.60 Å². The molecule has 0 saturated carbocycles. The number of allylic oxidation sites excluding steroid dienone is 3. The van der Waals surface area contributed by atoms with Gasteiger partial charge < -0.3 is 15.2 Å². The Kier molecular flexibility index (Phi) is 7.70. The SMILES string of the molecule is CCC(O)(CCNCC1=CCC=CC(Oc2ccccc2)=C1)c1ccc(Cl)cc1. The third-order valence-corrected chi connectivity index (χ3v) is 5.37. The van der Waals surface area contributed by atoms with Crippen molar-refractivity contribution < 1.29 is 9.84 Å². The molecule has 1 atom stereocenters. The molecule has 0 aromatic heterocycles. The van der Waals surface area contributed by atoms with Gasteiger partial charge in [0.2, 0.25) is 0 Å². The van der Waals surface area contributed by atoms with E-state index in [0.29, 0.717) is 24.4 Å². The highest BCUT2D eigenvalue weighted by Gasteiger charge is 2.26. The highest BCUT2D eigenvalue weighted by molar-refractivity contribution is 6.30. The summed E-state index contributed by atoms with van der Waals surface area (Å²) in [7, 11) is 0. The molecule has 3 rings (SSSR count). The molecule has 2 N–H and O–H groups in total. The monoisotopic (exact) mass is 409 g/mol. The molecule has 29 heavy (non-hydrogen) atoms. The summed E-state index contributed by atoms with van der Waals surface area (Å²) in [6.45, 7) is 3.44. The Labute approximate surface area is 178 Å². The van der Waals surface area contributed by atoms with Crippen molar-refractivity contribution in [1.29, 1.82) is 0 Å². The lowest BCUT2D eigenvalue weighted by molar-refractivity contribution is 0.0239. The quantitative estimate of drug-likeness (QED) is 0.517. The first-order chi connectivity index (χ1) is 14.1. The third-order valence-electron chi connectivity index (χ3n) is 5.12. The molecule has 0 heterocycles. The maximum atomic E-state index is 11.0. The fraction of sp³-hybridized carbons (Fsp3) is 0.280. The molecule has 1 unspecified atom stereocenters. The number of nitrogens with one attached hydrogen (secondary N) is 1. The molecule has 0 radical (unpaired) electrons. The van der Waals surface area contributed by atoms with Crippen LogP contribution in [0.1, 0.15) is 31.7 Å². The summed E-state index contributed by atoms with van der Waals surface area (Å²) in [5, 5.41) is 15.2. The normalized spacial score (nSPS) is 15.8. The number of aliphatic hydroxyl groups is 1. The summed E-state index contributed by atoms with van der Waals surface area (Å²) in [5.41, 5.74) is 1.23. The van der Waals surface area contributed by atoms with Gasteiger partial charge in [-0.05, 0) is 73.4 Å². The average molecular weight is 410 g/mol. The van der Waals surface area contributed by atoms with Gasteiger partial charge in [0.15, 0.2) is 0 Å². The zero-order chi connectivity index (χ0) is 20.5. The van der Waals surface area contributed by atoms with Gasteiger partial charge in [-0.25, -0.2) is 0 Å². The van der Waals surface area contributed by atoms with Crippen molar-refractivity contribution in [3.8, 4) is 5.75 Å². The average Bonchev–Trinajstić information content (AvgIpc) is 2.97. The van der Waals surface area contributed by atoms with Crippen molar-refractivity contribution in [1.82, 2.24) is 5.32 Å². The molecule has 3 nitrogen and oxygen atoms in total. The summed E-state index contributed by atoms with van der Waals surface area (Å²) in [6, 6.07) is 17.3. The summed E-state index contributed by atoms with van der Waals surface area (Å²) in [4.78, 5) is 0. The topological polar surface area (TPSA) is 41.5 Å². The lowest BCUT2D eigenvalue weighted by atomic mass is 9.88. The summed E-state index contributed by atoms with van der Waals surface area (Å²) >= 11 is 5.97. The van der Waals surface area contributed by atoms with Crippen LogP contribution in [0, 0.1) is 0 Å². The van der Waals surface area contributed by atoms with E-state index in [2.05, 4.69) is 23.5 Å². The zero-order valence-corrected chi connectivity index (χ0v) is 17.5. The largest absolute Gasteiger partial charge is 0.457 e. The first-order valence-electron chi connectivity index (χ1n) is 10.1. The van der Waals surface area contributed by atoms with Crippen LogP contribution in [0.15, 0.2) is 90.2 Å². The first kappa shape index (κ1) is 21.4. The minimum atomic E-state index is -0.853. The number of para-hydroxylation sites is 1. The molecule has 0 aliphatic heterocycles. The molecule has 152 valence electrons. The van der Waals surface area contributed by atoms with Gasteiger partial charge in [0.05, 0.1) is 5.60 Å². The predicted molar refractivity (Wildman–Crippen MR) is 120 cm³/mol. The molecule has 0 spiro atoms. The van der Waals surface area contributed by atoms with Crippen LogP contribution < -0.4 is 10.1 Å². The molecule has 2 aromatic carbocycles. The van der Waals surface area contributed by atoms with Crippen molar-refractivity contribution in [3.63, 3.8) is 0 Å². The second kappa shape index (κ2) is 10.4. The predicted octanol–water partition coefficient (Wildman–Crippen LogP) is 5.77.